The minimum absolute atomic E-state index is 0.388. The quantitative estimate of drug-likeness (QED) is 0.426. The lowest BCUT2D eigenvalue weighted by Gasteiger charge is -2.26. The molecule has 2 aromatic rings. The highest BCUT2D eigenvalue weighted by molar-refractivity contribution is 7.91. The van der Waals surface area contributed by atoms with Crippen LogP contribution in [0.3, 0.4) is 0 Å². The van der Waals surface area contributed by atoms with Crippen LogP contribution in [0, 0.1) is 0 Å². The number of tetrazole rings is 1. The predicted molar refractivity (Wildman–Crippen MR) is 111 cm³/mol. The Morgan fingerprint density at radius 3 is 2.61 bits per heavy atom. The number of aliphatic hydroxyl groups excluding tert-OH is 2. The minimum Gasteiger partial charge on any atom is -0.455 e. The topological polar surface area (TPSA) is 183 Å². The number of nitrogens with zero attached hydrogens (tertiary/aromatic N) is 4. The van der Waals surface area contributed by atoms with E-state index in [0.29, 0.717) is 5.69 Å². The normalized spacial score (nSPS) is 22.0. The molecule has 1 aromatic carbocycles. The number of hydrogen-bond donors (Lipinski definition) is 3. The lowest BCUT2D eigenvalue weighted by Crippen LogP contribution is -2.52. The summed E-state index contributed by atoms with van der Waals surface area (Å²) in [6.07, 6.45) is -5.99. The maximum Gasteiger partial charge on any atom is 0.408 e. The number of rotatable bonds is 7. The molecule has 4 atom stereocenters. The summed E-state index contributed by atoms with van der Waals surface area (Å²) < 4.78 is 36.8. The number of alkyl carbamates (subject to hydrolysis) is 1. The number of hydrogen-bond acceptors (Lipinski definition) is 11. The Labute approximate surface area is 189 Å². The summed E-state index contributed by atoms with van der Waals surface area (Å²) in [6.45, 7) is 4.87. The number of nitrogens with one attached hydrogen (secondary N) is 1. The number of sulfone groups is 1. The molecule has 3 rings (SSSR count). The molecular weight excluding hydrogens is 458 g/mol. The number of esters is 1. The van der Waals surface area contributed by atoms with Crippen LogP contribution in [-0.2, 0) is 24.1 Å². The molecule has 0 radical (unpaired) electrons. The summed E-state index contributed by atoms with van der Waals surface area (Å²) in [6, 6.07) is 7.04. The van der Waals surface area contributed by atoms with E-state index in [-0.39, 0.29) is 6.42 Å². The molecule has 1 aromatic heterocycles. The van der Waals surface area contributed by atoms with Gasteiger partial charge in [0.05, 0.1) is 17.5 Å². The van der Waals surface area contributed by atoms with Crippen LogP contribution in [-0.4, -0.2) is 86.6 Å². The van der Waals surface area contributed by atoms with Gasteiger partial charge in [-0.05, 0) is 49.8 Å². The molecule has 180 valence electrons. The van der Waals surface area contributed by atoms with Gasteiger partial charge in [-0.1, -0.05) is 23.3 Å². The van der Waals surface area contributed by atoms with Crippen molar-refractivity contribution < 1.29 is 37.7 Å². The summed E-state index contributed by atoms with van der Waals surface area (Å²) in [5.74, 6) is -1.65. The van der Waals surface area contributed by atoms with Crippen LogP contribution in [0.25, 0.3) is 5.69 Å². The predicted octanol–water partition coefficient (Wildman–Crippen LogP) is -0.633. The van der Waals surface area contributed by atoms with Gasteiger partial charge in [0.15, 0.2) is 12.2 Å². The second-order valence-electron chi connectivity index (χ2n) is 8.40. The standard InChI is InChI=1S/C19H25N5O8S/c1-19(2,3)32-18(28)20-13-14(26)16(27)31-15(13)12(25)9-10-33(29,30)17-21-22-23-24(17)11-7-5-4-6-8-11/h4-8,12-15,25-26H,9-10H2,1-3H3,(H,20,28)/t12-,13-,14-,15+/m0/s1. The smallest absolute Gasteiger partial charge is 0.408 e. The van der Waals surface area contributed by atoms with E-state index in [1.54, 1.807) is 51.1 Å². The Kier molecular flexibility index (Phi) is 7.00. The molecule has 3 N–H and O–H groups in total. The van der Waals surface area contributed by atoms with Gasteiger partial charge in [0, 0.05) is 0 Å². The maximum absolute atomic E-state index is 12.8. The van der Waals surface area contributed by atoms with Crippen LogP contribution in [0.5, 0.6) is 0 Å². The van der Waals surface area contributed by atoms with E-state index < -0.39 is 62.8 Å². The number of ether oxygens (including phenoxy) is 2. The molecule has 0 saturated carbocycles. The van der Waals surface area contributed by atoms with Gasteiger partial charge in [0.2, 0.25) is 9.84 Å². The van der Waals surface area contributed by atoms with Crippen molar-refractivity contribution in [3.8, 4) is 5.69 Å². The van der Waals surface area contributed by atoms with Crippen LogP contribution in [0.4, 0.5) is 4.79 Å². The SMILES string of the molecule is CC(C)(C)OC(=O)N[C@@H]1[C@@H]([C@@H](O)CCS(=O)(=O)c2nnnn2-c2ccccc2)OC(=O)[C@H]1O. The molecule has 14 heteroatoms. The van der Waals surface area contributed by atoms with Crippen LogP contribution >= 0.6 is 0 Å². The summed E-state index contributed by atoms with van der Waals surface area (Å²) in [5.41, 5.74) is -0.417. The molecular formula is C19H25N5O8S. The average molecular weight is 484 g/mol. The highest BCUT2D eigenvalue weighted by Crippen LogP contribution is 2.23. The largest absolute Gasteiger partial charge is 0.455 e. The summed E-state index contributed by atoms with van der Waals surface area (Å²) >= 11 is 0. The number of carbonyl (C=O) groups excluding carboxylic acids is 2. The third-order valence-corrected chi connectivity index (χ3v) is 6.24. The number of aromatic nitrogens is 4. The molecule has 13 nitrogen and oxygen atoms in total. The summed E-state index contributed by atoms with van der Waals surface area (Å²) in [7, 11) is -4.06. The van der Waals surface area contributed by atoms with Crippen molar-refractivity contribution in [2.45, 2.75) is 62.3 Å². The molecule has 1 aliphatic heterocycles. The second kappa shape index (κ2) is 9.41. The fourth-order valence-electron chi connectivity index (χ4n) is 3.16. The van der Waals surface area contributed by atoms with Crippen molar-refractivity contribution in [2.75, 3.05) is 5.75 Å². The van der Waals surface area contributed by atoms with Crippen molar-refractivity contribution in [3.05, 3.63) is 30.3 Å². The highest BCUT2D eigenvalue weighted by atomic mass is 32.2. The number of aliphatic hydroxyl groups is 2. The Hall–Kier alpha value is -3.10. The Morgan fingerprint density at radius 2 is 1.97 bits per heavy atom. The molecule has 1 amide bonds. The lowest BCUT2D eigenvalue weighted by atomic mass is 10.0. The van der Waals surface area contributed by atoms with Crippen LogP contribution in [0.1, 0.15) is 27.2 Å². The van der Waals surface area contributed by atoms with Gasteiger partial charge in [-0.2, -0.15) is 4.68 Å². The molecule has 2 heterocycles. The summed E-state index contributed by atoms with van der Waals surface area (Å²) in [5, 5.41) is 33.2. The first kappa shape index (κ1) is 24.5. The molecule has 33 heavy (non-hydrogen) atoms. The van der Waals surface area contributed by atoms with Gasteiger partial charge < -0.3 is 25.0 Å². The first-order valence-corrected chi connectivity index (χ1v) is 11.7. The molecule has 0 bridgehead atoms. The van der Waals surface area contributed by atoms with Gasteiger partial charge >= 0.3 is 12.1 Å². The van der Waals surface area contributed by atoms with Gasteiger partial charge in [0.1, 0.15) is 11.6 Å². The molecule has 0 unspecified atom stereocenters. The maximum atomic E-state index is 12.8. The van der Waals surface area contributed by atoms with Crippen LogP contribution in [0.15, 0.2) is 35.5 Å². The monoisotopic (exact) mass is 483 g/mol. The zero-order valence-electron chi connectivity index (χ0n) is 18.2. The highest BCUT2D eigenvalue weighted by Gasteiger charge is 2.48. The molecule has 1 saturated heterocycles. The van der Waals surface area contributed by atoms with E-state index in [9.17, 15) is 28.2 Å². The van der Waals surface area contributed by atoms with E-state index in [0.717, 1.165) is 4.68 Å². The molecule has 0 aliphatic carbocycles. The fourth-order valence-corrected chi connectivity index (χ4v) is 4.46. The van der Waals surface area contributed by atoms with Crippen LogP contribution in [0.2, 0.25) is 0 Å². The zero-order chi connectivity index (χ0) is 24.4. The molecule has 0 spiro atoms. The van der Waals surface area contributed by atoms with Crippen molar-refractivity contribution >= 4 is 21.9 Å². The third-order valence-electron chi connectivity index (χ3n) is 4.65. The Balaban J connectivity index is 1.70. The van der Waals surface area contributed by atoms with Gasteiger partial charge in [-0.15, -0.1) is 0 Å². The third kappa shape index (κ3) is 5.83. The van der Waals surface area contributed by atoms with E-state index >= 15 is 0 Å². The number of para-hydroxylation sites is 1. The number of benzene rings is 1. The average Bonchev–Trinajstić information content (AvgIpc) is 3.33. The second-order valence-corrected chi connectivity index (χ2v) is 10.4. The first-order chi connectivity index (χ1) is 15.4. The van der Waals surface area contributed by atoms with Crippen molar-refractivity contribution in [2.24, 2.45) is 0 Å². The van der Waals surface area contributed by atoms with E-state index in [1.165, 1.54) is 0 Å². The van der Waals surface area contributed by atoms with Crippen molar-refractivity contribution in [1.29, 1.82) is 0 Å². The van der Waals surface area contributed by atoms with E-state index in [4.69, 9.17) is 9.47 Å². The molecule has 1 fully saturated rings. The lowest BCUT2D eigenvalue weighted by molar-refractivity contribution is -0.150. The van der Waals surface area contributed by atoms with E-state index in [1.807, 2.05) is 0 Å². The van der Waals surface area contributed by atoms with Gasteiger partial charge in [-0.25, -0.2) is 18.0 Å². The van der Waals surface area contributed by atoms with Crippen molar-refractivity contribution in [1.82, 2.24) is 25.5 Å². The number of carbonyl (C=O) groups is 2. The number of amides is 1. The zero-order valence-corrected chi connectivity index (χ0v) is 19.0. The van der Waals surface area contributed by atoms with Gasteiger partial charge in [0.25, 0.3) is 5.16 Å². The fraction of sp³-hybridized carbons (Fsp3) is 0.526. The van der Waals surface area contributed by atoms with Gasteiger partial charge in [-0.3, -0.25) is 0 Å². The minimum atomic E-state index is -4.06. The first-order valence-electron chi connectivity index (χ1n) is 10.0. The Morgan fingerprint density at radius 1 is 1.30 bits per heavy atom. The van der Waals surface area contributed by atoms with Crippen LogP contribution < -0.4 is 5.32 Å². The molecule has 1 aliphatic rings. The van der Waals surface area contributed by atoms with E-state index in [2.05, 4.69) is 20.8 Å². The number of cyclic esters (lactones) is 1. The van der Waals surface area contributed by atoms with Crippen molar-refractivity contribution in [3.63, 3.8) is 0 Å². The Bertz CT molecular complexity index is 1100. The summed E-state index contributed by atoms with van der Waals surface area (Å²) in [4.78, 5) is 23.9.